The molecule has 13 nitrogen and oxygen atoms in total. The second-order valence-corrected chi connectivity index (χ2v) is 8.33. The molecule has 0 atom stereocenters. The number of carboxylic acids is 2. The van der Waals surface area contributed by atoms with Crippen LogP contribution in [0.15, 0.2) is 30.3 Å². The Hall–Kier alpha value is -3.20. The van der Waals surface area contributed by atoms with Crippen LogP contribution in [-0.2, 0) is 22.6 Å². The Balaban J connectivity index is 1.70. The smallest absolute Gasteiger partial charge is 0.354 e. The number of rotatable bonds is 20. The fraction of sp³-hybridized carbons (Fsp3) is 0.520. The Kier molecular flexibility index (Phi) is 14.2. The molecule has 2 aromatic heterocycles. The number of nitrogens with one attached hydrogen (secondary N) is 1. The second kappa shape index (κ2) is 17.3. The lowest BCUT2D eigenvalue weighted by molar-refractivity contribution is 0.0268. The van der Waals surface area contributed by atoms with Gasteiger partial charge in [-0.3, -0.25) is 9.80 Å². The zero-order chi connectivity index (χ0) is 27.8. The number of anilines is 1. The summed E-state index contributed by atoms with van der Waals surface area (Å²) in [5.41, 5.74) is 1.74. The normalized spacial score (nSPS) is 11.3. The van der Waals surface area contributed by atoms with E-state index in [1.54, 1.807) is 25.2 Å². The van der Waals surface area contributed by atoms with Gasteiger partial charge in [-0.2, -0.15) is 0 Å². The molecule has 0 aromatic carbocycles. The third-order valence-corrected chi connectivity index (χ3v) is 5.49. The number of aliphatic hydroxyl groups is 2. The van der Waals surface area contributed by atoms with E-state index in [0.717, 1.165) is 0 Å². The number of nitrogens with zero attached hydrogens (tertiary/aromatic N) is 4. The third kappa shape index (κ3) is 11.5. The first kappa shape index (κ1) is 31.0. The van der Waals surface area contributed by atoms with Gasteiger partial charge < -0.3 is 35.2 Å². The molecule has 38 heavy (non-hydrogen) atoms. The van der Waals surface area contributed by atoms with Gasteiger partial charge in [0.15, 0.2) is 5.69 Å². The van der Waals surface area contributed by atoms with Crippen molar-refractivity contribution >= 4 is 17.6 Å². The van der Waals surface area contributed by atoms with Gasteiger partial charge in [-0.1, -0.05) is 6.07 Å². The van der Waals surface area contributed by atoms with E-state index in [9.17, 15) is 24.9 Å². The molecule has 0 bridgehead atoms. The molecule has 0 saturated heterocycles. The Morgan fingerprint density at radius 1 is 0.789 bits per heavy atom. The van der Waals surface area contributed by atoms with Gasteiger partial charge in [0.25, 0.3) is 0 Å². The number of aromatic carboxylic acids is 2. The molecule has 13 heteroatoms. The maximum absolute atomic E-state index is 11.3. The van der Waals surface area contributed by atoms with Crippen molar-refractivity contribution in [2.45, 2.75) is 13.1 Å². The average molecular weight is 536 g/mol. The number of ether oxygens (including phenoxy) is 2. The van der Waals surface area contributed by atoms with Gasteiger partial charge in [0.2, 0.25) is 0 Å². The van der Waals surface area contributed by atoms with E-state index in [4.69, 9.17) is 14.6 Å². The molecule has 0 spiro atoms. The SMILES string of the molecule is CNc1cc(CN(CCO)CCOCCOCCN(CCO)Cc2cccc(C(=O)O)n2)nc(C(=O)O)c1. The lowest BCUT2D eigenvalue weighted by Gasteiger charge is -2.22. The van der Waals surface area contributed by atoms with Crippen molar-refractivity contribution in [2.75, 3.05) is 78.2 Å². The summed E-state index contributed by atoms with van der Waals surface area (Å²) in [6, 6.07) is 8.04. The van der Waals surface area contributed by atoms with Crippen LogP contribution in [0.2, 0.25) is 0 Å². The zero-order valence-corrected chi connectivity index (χ0v) is 21.6. The van der Waals surface area contributed by atoms with Crippen molar-refractivity contribution in [1.29, 1.82) is 0 Å². The molecule has 2 aromatic rings. The molecule has 2 rings (SSSR count). The van der Waals surface area contributed by atoms with Crippen molar-refractivity contribution in [1.82, 2.24) is 19.8 Å². The predicted molar refractivity (Wildman–Crippen MR) is 138 cm³/mol. The summed E-state index contributed by atoms with van der Waals surface area (Å²) in [5.74, 6) is -2.20. The minimum atomic E-state index is -1.11. The van der Waals surface area contributed by atoms with Crippen LogP contribution in [0.3, 0.4) is 0 Å². The molecule has 0 radical (unpaired) electrons. The summed E-state index contributed by atoms with van der Waals surface area (Å²) in [6.45, 7) is 4.02. The highest BCUT2D eigenvalue weighted by atomic mass is 16.5. The van der Waals surface area contributed by atoms with E-state index in [1.165, 1.54) is 12.1 Å². The zero-order valence-electron chi connectivity index (χ0n) is 21.6. The van der Waals surface area contributed by atoms with E-state index in [-0.39, 0.29) is 24.6 Å². The highest BCUT2D eigenvalue weighted by molar-refractivity contribution is 5.86. The molecule has 0 saturated carbocycles. The summed E-state index contributed by atoms with van der Waals surface area (Å²) in [7, 11) is 1.70. The van der Waals surface area contributed by atoms with Crippen LogP contribution in [-0.4, -0.2) is 125 Å². The molecule has 0 unspecified atom stereocenters. The fourth-order valence-corrected chi connectivity index (χ4v) is 3.60. The first-order chi connectivity index (χ1) is 18.4. The topological polar surface area (TPSA) is 178 Å². The molecule has 210 valence electrons. The largest absolute Gasteiger partial charge is 0.477 e. The van der Waals surface area contributed by atoms with Crippen molar-refractivity contribution in [3.8, 4) is 0 Å². The van der Waals surface area contributed by atoms with Crippen LogP contribution in [0.25, 0.3) is 0 Å². The summed E-state index contributed by atoms with van der Waals surface area (Å²) in [4.78, 5) is 34.6. The molecular formula is C25H37N5O8. The number of carboxylic acid groups (broad SMARTS) is 2. The summed E-state index contributed by atoms with van der Waals surface area (Å²) in [5, 5.41) is 40.0. The standard InChI is InChI=1S/C25H37N5O8/c1-26-20-15-21(28-23(16-20)25(35)36)18-30(6-10-32)8-12-38-14-13-37-11-7-29(5-9-31)17-19-3-2-4-22(27-19)24(33)34/h2-4,15-16,31-32H,5-14,17-18H2,1H3,(H,26,28)(H,33,34)(H,35,36). The van der Waals surface area contributed by atoms with Gasteiger partial charge in [-0.25, -0.2) is 19.6 Å². The van der Waals surface area contributed by atoms with Crippen molar-refractivity contribution < 1.29 is 39.5 Å². The number of hydrogen-bond donors (Lipinski definition) is 5. The Bertz CT molecular complexity index is 1010. The molecule has 5 N–H and O–H groups in total. The monoisotopic (exact) mass is 535 g/mol. The van der Waals surface area contributed by atoms with Gasteiger partial charge in [0.1, 0.15) is 5.69 Å². The van der Waals surface area contributed by atoms with Crippen LogP contribution in [0.1, 0.15) is 32.4 Å². The molecule has 0 amide bonds. The van der Waals surface area contributed by atoms with Crippen LogP contribution >= 0.6 is 0 Å². The van der Waals surface area contributed by atoms with Gasteiger partial charge in [0, 0.05) is 52.0 Å². The fourth-order valence-electron chi connectivity index (χ4n) is 3.60. The second-order valence-electron chi connectivity index (χ2n) is 8.33. The average Bonchev–Trinajstić information content (AvgIpc) is 2.90. The minimum absolute atomic E-state index is 0.0230. The molecule has 0 aliphatic rings. The highest BCUT2D eigenvalue weighted by Gasteiger charge is 2.13. The van der Waals surface area contributed by atoms with E-state index >= 15 is 0 Å². The maximum atomic E-state index is 11.3. The van der Waals surface area contributed by atoms with Gasteiger partial charge in [-0.15, -0.1) is 0 Å². The van der Waals surface area contributed by atoms with E-state index in [2.05, 4.69) is 15.3 Å². The number of pyridine rings is 2. The molecule has 0 fully saturated rings. The van der Waals surface area contributed by atoms with Crippen molar-refractivity contribution in [3.05, 3.63) is 53.1 Å². The maximum Gasteiger partial charge on any atom is 0.354 e. The lowest BCUT2D eigenvalue weighted by Crippen LogP contribution is -2.31. The third-order valence-electron chi connectivity index (χ3n) is 5.49. The van der Waals surface area contributed by atoms with Crippen LogP contribution in [0.5, 0.6) is 0 Å². The predicted octanol–water partition coefficient (Wildman–Crippen LogP) is 0.237. The Morgan fingerprint density at radius 3 is 1.87 bits per heavy atom. The first-order valence-corrected chi connectivity index (χ1v) is 12.3. The van der Waals surface area contributed by atoms with E-state index in [0.29, 0.717) is 82.8 Å². The molecular weight excluding hydrogens is 498 g/mol. The van der Waals surface area contributed by atoms with Gasteiger partial charge in [0.05, 0.1) is 51.0 Å². The highest BCUT2D eigenvalue weighted by Crippen LogP contribution is 2.13. The first-order valence-electron chi connectivity index (χ1n) is 12.3. The van der Waals surface area contributed by atoms with Crippen LogP contribution in [0.4, 0.5) is 5.69 Å². The minimum Gasteiger partial charge on any atom is -0.477 e. The number of carbonyl (C=O) groups is 2. The number of aliphatic hydroxyl groups excluding tert-OH is 2. The number of aromatic nitrogens is 2. The quantitative estimate of drug-likeness (QED) is 0.146. The summed E-state index contributed by atoms with van der Waals surface area (Å²) < 4.78 is 11.3. The molecule has 2 heterocycles. The van der Waals surface area contributed by atoms with Crippen LogP contribution in [0, 0.1) is 0 Å². The number of hydrogen-bond acceptors (Lipinski definition) is 11. The van der Waals surface area contributed by atoms with E-state index < -0.39 is 11.9 Å². The molecule has 0 aliphatic carbocycles. The van der Waals surface area contributed by atoms with Gasteiger partial charge in [-0.05, 0) is 24.3 Å². The Morgan fingerprint density at radius 2 is 1.34 bits per heavy atom. The van der Waals surface area contributed by atoms with E-state index in [1.807, 2.05) is 9.80 Å². The Labute approximate surface area is 221 Å². The van der Waals surface area contributed by atoms with Crippen LogP contribution < -0.4 is 5.32 Å². The summed E-state index contributed by atoms with van der Waals surface area (Å²) in [6.07, 6.45) is 0. The van der Waals surface area contributed by atoms with Crippen molar-refractivity contribution in [2.24, 2.45) is 0 Å². The molecule has 0 aliphatic heterocycles. The van der Waals surface area contributed by atoms with Gasteiger partial charge >= 0.3 is 11.9 Å². The summed E-state index contributed by atoms with van der Waals surface area (Å²) >= 11 is 0. The van der Waals surface area contributed by atoms with Crippen molar-refractivity contribution in [3.63, 3.8) is 0 Å². The lowest BCUT2D eigenvalue weighted by atomic mass is 10.2.